The fourth-order valence-corrected chi connectivity index (χ4v) is 1.98. The van der Waals surface area contributed by atoms with Gasteiger partial charge in [0.1, 0.15) is 11.4 Å². The summed E-state index contributed by atoms with van der Waals surface area (Å²) in [6, 6.07) is 0. The number of carbonyl (C=O) groups excluding carboxylic acids is 1. The number of aromatic nitrogens is 1. The molecule has 0 saturated heterocycles. The van der Waals surface area contributed by atoms with Crippen molar-refractivity contribution in [1.29, 1.82) is 0 Å². The second kappa shape index (κ2) is 3.32. The number of nitrogen functional groups attached to an aromatic ring is 1. The van der Waals surface area contributed by atoms with E-state index in [-0.39, 0.29) is 5.76 Å². The Morgan fingerprint density at radius 3 is 2.57 bits per heavy atom. The van der Waals surface area contributed by atoms with Crippen molar-refractivity contribution in [2.75, 3.05) is 5.73 Å². The minimum absolute atomic E-state index is 0.00750. The predicted octanol–water partition coefficient (Wildman–Crippen LogP) is 1.01. The number of carbonyl (C=O) groups is 1. The number of hydrogen-bond acceptors (Lipinski definition) is 4. The zero-order valence-corrected chi connectivity index (χ0v) is 7.82. The quantitative estimate of drug-likeness (QED) is 0.736. The van der Waals surface area contributed by atoms with E-state index in [9.17, 15) is 4.79 Å². The summed E-state index contributed by atoms with van der Waals surface area (Å²) < 4.78 is 4.82. The number of rotatable bonds is 2. The van der Waals surface area contributed by atoms with Gasteiger partial charge in [-0.15, -0.1) is 0 Å². The van der Waals surface area contributed by atoms with E-state index in [1.54, 1.807) is 0 Å². The van der Waals surface area contributed by atoms with Gasteiger partial charge < -0.3 is 16.0 Å². The van der Waals surface area contributed by atoms with Gasteiger partial charge in [-0.25, -0.2) is 0 Å². The maximum Gasteiger partial charge on any atom is 0.289 e. The number of anilines is 1. The molecule has 1 fully saturated rings. The summed E-state index contributed by atoms with van der Waals surface area (Å²) in [7, 11) is 0. The van der Waals surface area contributed by atoms with Crippen LogP contribution < -0.4 is 11.5 Å². The number of nitrogens with two attached hydrogens (primary N) is 2. The van der Waals surface area contributed by atoms with Gasteiger partial charge in [-0.05, 0) is 12.8 Å². The third-order valence-corrected chi connectivity index (χ3v) is 2.72. The molecule has 0 aromatic carbocycles. The fraction of sp³-hybridized carbons (Fsp3) is 0.556. The summed E-state index contributed by atoms with van der Waals surface area (Å²) in [6.45, 7) is 0. The summed E-state index contributed by atoms with van der Waals surface area (Å²) in [4.78, 5) is 10.9. The van der Waals surface area contributed by atoms with Crippen LogP contribution in [0.1, 0.15) is 47.8 Å². The average molecular weight is 195 g/mol. The molecule has 1 saturated carbocycles. The zero-order valence-electron chi connectivity index (χ0n) is 7.82. The largest absolute Gasteiger partial charge is 0.394 e. The molecule has 5 heteroatoms. The highest BCUT2D eigenvalue weighted by molar-refractivity contribution is 5.95. The third kappa shape index (κ3) is 1.34. The van der Waals surface area contributed by atoms with Gasteiger partial charge in [0.25, 0.3) is 5.91 Å². The first kappa shape index (κ1) is 9.05. The van der Waals surface area contributed by atoms with E-state index in [2.05, 4.69) is 5.16 Å². The lowest BCUT2D eigenvalue weighted by Crippen LogP contribution is -2.12. The standard InChI is InChI=1S/C9H13N3O2/c10-6-7(5-3-1-2-4-5)12-14-8(6)9(11)13/h5H,1-4,10H2,(H2,11,13). The molecule has 1 amide bonds. The molecule has 0 aliphatic heterocycles. The number of primary amides is 1. The Kier molecular flexibility index (Phi) is 2.15. The molecular weight excluding hydrogens is 182 g/mol. The van der Waals surface area contributed by atoms with Crippen LogP contribution >= 0.6 is 0 Å². The van der Waals surface area contributed by atoms with Crippen LogP contribution in [0.5, 0.6) is 0 Å². The summed E-state index contributed by atoms with van der Waals surface area (Å²) >= 11 is 0. The number of hydrogen-bond donors (Lipinski definition) is 2. The molecule has 0 radical (unpaired) electrons. The first-order valence-corrected chi connectivity index (χ1v) is 4.75. The van der Waals surface area contributed by atoms with Crippen molar-refractivity contribution in [3.05, 3.63) is 11.5 Å². The Morgan fingerprint density at radius 1 is 1.43 bits per heavy atom. The number of nitrogens with zero attached hydrogens (tertiary/aromatic N) is 1. The monoisotopic (exact) mass is 195 g/mol. The molecule has 0 atom stereocenters. The van der Waals surface area contributed by atoms with Gasteiger partial charge in [-0.2, -0.15) is 0 Å². The maximum atomic E-state index is 10.9. The highest BCUT2D eigenvalue weighted by Crippen LogP contribution is 2.36. The van der Waals surface area contributed by atoms with E-state index in [0.717, 1.165) is 12.8 Å². The highest BCUT2D eigenvalue weighted by atomic mass is 16.5. The summed E-state index contributed by atoms with van der Waals surface area (Å²) in [5, 5.41) is 3.82. The first-order chi connectivity index (χ1) is 6.70. The van der Waals surface area contributed by atoms with Crippen molar-refractivity contribution >= 4 is 11.6 Å². The summed E-state index contributed by atoms with van der Waals surface area (Å²) in [6.07, 6.45) is 4.50. The average Bonchev–Trinajstić information content (AvgIpc) is 2.71. The van der Waals surface area contributed by atoms with E-state index in [1.165, 1.54) is 12.8 Å². The van der Waals surface area contributed by atoms with Crippen LogP contribution in [0, 0.1) is 0 Å². The van der Waals surface area contributed by atoms with Crippen LogP contribution in [-0.4, -0.2) is 11.1 Å². The van der Waals surface area contributed by atoms with E-state index in [1.807, 2.05) is 0 Å². The van der Waals surface area contributed by atoms with Gasteiger partial charge in [0, 0.05) is 5.92 Å². The van der Waals surface area contributed by atoms with Gasteiger partial charge in [-0.3, -0.25) is 4.79 Å². The van der Waals surface area contributed by atoms with Crippen LogP contribution in [0.4, 0.5) is 5.69 Å². The molecular formula is C9H13N3O2. The smallest absolute Gasteiger partial charge is 0.289 e. The molecule has 5 nitrogen and oxygen atoms in total. The minimum atomic E-state index is -0.653. The van der Waals surface area contributed by atoms with Gasteiger partial charge in [0.05, 0.1) is 0 Å². The lowest BCUT2D eigenvalue weighted by molar-refractivity contribution is 0.0966. The first-order valence-electron chi connectivity index (χ1n) is 4.75. The Balaban J connectivity index is 2.30. The van der Waals surface area contributed by atoms with E-state index < -0.39 is 5.91 Å². The Morgan fingerprint density at radius 2 is 2.07 bits per heavy atom. The molecule has 1 aromatic heterocycles. The topological polar surface area (TPSA) is 95.1 Å². The van der Waals surface area contributed by atoms with Crippen molar-refractivity contribution in [2.24, 2.45) is 5.73 Å². The Labute approximate surface area is 81.4 Å². The molecule has 1 heterocycles. The molecule has 76 valence electrons. The highest BCUT2D eigenvalue weighted by Gasteiger charge is 2.26. The second-order valence-electron chi connectivity index (χ2n) is 3.66. The second-order valence-corrected chi connectivity index (χ2v) is 3.66. The lowest BCUT2D eigenvalue weighted by atomic mass is 10.0. The van der Waals surface area contributed by atoms with Crippen LogP contribution in [0.25, 0.3) is 0 Å². The molecule has 4 N–H and O–H groups in total. The predicted molar refractivity (Wildman–Crippen MR) is 50.6 cm³/mol. The van der Waals surface area contributed by atoms with Crippen molar-refractivity contribution in [1.82, 2.24) is 5.16 Å². The van der Waals surface area contributed by atoms with Crippen molar-refractivity contribution < 1.29 is 9.32 Å². The molecule has 14 heavy (non-hydrogen) atoms. The molecule has 0 unspecified atom stereocenters. The lowest BCUT2D eigenvalue weighted by Gasteiger charge is -2.03. The van der Waals surface area contributed by atoms with Crippen molar-refractivity contribution in [3.63, 3.8) is 0 Å². The number of amides is 1. The maximum absolute atomic E-state index is 10.9. The van der Waals surface area contributed by atoms with Crippen LogP contribution in [0.2, 0.25) is 0 Å². The summed E-state index contributed by atoms with van der Waals surface area (Å²) in [5.74, 6) is -0.321. The third-order valence-electron chi connectivity index (χ3n) is 2.72. The minimum Gasteiger partial charge on any atom is -0.394 e. The van der Waals surface area contributed by atoms with Crippen molar-refractivity contribution in [2.45, 2.75) is 31.6 Å². The molecule has 0 bridgehead atoms. The van der Waals surface area contributed by atoms with Crippen LogP contribution in [0.15, 0.2) is 4.52 Å². The molecule has 2 rings (SSSR count). The SMILES string of the molecule is NC(=O)c1onc(C2CCCC2)c1N. The Bertz CT molecular complexity index is 353. The fourth-order valence-electron chi connectivity index (χ4n) is 1.98. The van der Waals surface area contributed by atoms with Gasteiger partial charge >= 0.3 is 0 Å². The molecule has 0 spiro atoms. The molecule has 1 aliphatic rings. The van der Waals surface area contributed by atoms with Gasteiger partial charge in [0.2, 0.25) is 5.76 Å². The molecule has 1 aliphatic carbocycles. The van der Waals surface area contributed by atoms with Crippen molar-refractivity contribution in [3.8, 4) is 0 Å². The zero-order chi connectivity index (χ0) is 10.1. The van der Waals surface area contributed by atoms with E-state index in [0.29, 0.717) is 17.3 Å². The van der Waals surface area contributed by atoms with E-state index in [4.69, 9.17) is 16.0 Å². The summed E-state index contributed by atoms with van der Waals surface area (Å²) in [5.41, 5.74) is 11.8. The van der Waals surface area contributed by atoms with Gasteiger partial charge in [-0.1, -0.05) is 18.0 Å². The Hall–Kier alpha value is -1.52. The van der Waals surface area contributed by atoms with Gasteiger partial charge in [0.15, 0.2) is 0 Å². The normalized spacial score (nSPS) is 17.4. The van der Waals surface area contributed by atoms with E-state index >= 15 is 0 Å². The molecule has 1 aromatic rings. The van der Waals surface area contributed by atoms with Crippen LogP contribution in [0.3, 0.4) is 0 Å². The van der Waals surface area contributed by atoms with Crippen LogP contribution in [-0.2, 0) is 0 Å².